The largest absolute Gasteiger partial charge is 0.381 e. The van der Waals surface area contributed by atoms with Gasteiger partial charge in [-0.15, -0.1) is 0 Å². The molecule has 1 fully saturated rings. The van der Waals surface area contributed by atoms with Crippen molar-refractivity contribution in [3.05, 3.63) is 65.2 Å². The summed E-state index contributed by atoms with van der Waals surface area (Å²) in [6.07, 6.45) is 2.75. The van der Waals surface area contributed by atoms with Crippen molar-refractivity contribution in [2.24, 2.45) is 0 Å². The highest BCUT2D eigenvalue weighted by atomic mass is 14.9. The molecular weight excluding hydrogens is 254 g/mol. The van der Waals surface area contributed by atoms with Gasteiger partial charge in [0.25, 0.3) is 0 Å². The Balaban J connectivity index is 1.59. The molecule has 1 nitrogen and oxygen atoms in total. The van der Waals surface area contributed by atoms with Crippen LogP contribution >= 0.6 is 0 Å². The highest BCUT2D eigenvalue weighted by Gasteiger charge is 2.22. The van der Waals surface area contributed by atoms with Gasteiger partial charge in [-0.05, 0) is 53.0 Å². The highest BCUT2D eigenvalue weighted by molar-refractivity contribution is 5.46. The second-order valence-corrected chi connectivity index (χ2v) is 7.20. The van der Waals surface area contributed by atoms with E-state index in [0.717, 1.165) is 12.5 Å². The van der Waals surface area contributed by atoms with E-state index < -0.39 is 0 Å². The Hall–Kier alpha value is -1.76. The minimum Gasteiger partial charge on any atom is -0.381 e. The van der Waals surface area contributed by atoms with E-state index in [2.05, 4.69) is 74.6 Å². The Labute approximate surface area is 128 Å². The lowest BCUT2D eigenvalue weighted by Crippen LogP contribution is -2.10. The smallest absolute Gasteiger partial charge is 0.0400 e. The zero-order chi connectivity index (χ0) is 14.9. The molecule has 1 heteroatoms. The molecule has 1 saturated carbocycles. The van der Waals surface area contributed by atoms with Gasteiger partial charge in [0.15, 0.2) is 0 Å². The summed E-state index contributed by atoms with van der Waals surface area (Å²) in [7, 11) is 0. The quantitative estimate of drug-likeness (QED) is 0.782. The van der Waals surface area contributed by atoms with Gasteiger partial charge >= 0.3 is 0 Å². The van der Waals surface area contributed by atoms with Crippen LogP contribution in [0.5, 0.6) is 0 Å². The number of benzene rings is 2. The lowest BCUT2D eigenvalue weighted by molar-refractivity contribution is 0.590. The molecule has 3 rings (SSSR count). The van der Waals surface area contributed by atoms with E-state index in [4.69, 9.17) is 0 Å². The first kappa shape index (κ1) is 14.2. The van der Waals surface area contributed by atoms with Gasteiger partial charge in [-0.2, -0.15) is 0 Å². The van der Waals surface area contributed by atoms with Crippen molar-refractivity contribution in [2.45, 2.75) is 51.5 Å². The number of anilines is 1. The molecule has 2 aromatic carbocycles. The average Bonchev–Trinajstić information content (AvgIpc) is 3.30. The van der Waals surface area contributed by atoms with Gasteiger partial charge in [0.2, 0.25) is 0 Å². The summed E-state index contributed by atoms with van der Waals surface area (Å²) < 4.78 is 0. The minimum absolute atomic E-state index is 0.219. The van der Waals surface area contributed by atoms with Crippen LogP contribution in [0.4, 0.5) is 5.69 Å². The van der Waals surface area contributed by atoms with Gasteiger partial charge in [-0.1, -0.05) is 57.2 Å². The maximum atomic E-state index is 3.50. The molecule has 1 aliphatic carbocycles. The van der Waals surface area contributed by atoms with Gasteiger partial charge in [0.05, 0.1) is 0 Å². The van der Waals surface area contributed by atoms with Gasteiger partial charge in [0.1, 0.15) is 0 Å². The zero-order valence-electron chi connectivity index (χ0n) is 13.3. The van der Waals surface area contributed by atoms with E-state index in [-0.39, 0.29) is 5.41 Å². The molecule has 2 aromatic rings. The van der Waals surface area contributed by atoms with Gasteiger partial charge < -0.3 is 5.32 Å². The molecule has 0 aliphatic heterocycles. The summed E-state index contributed by atoms with van der Waals surface area (Å²) in [5.41, 5.74) is 5.64. The molecule has 0 unspecified atom stereocenters. The maximum absolute atomic E-state index is 3.50. The first-order valence-corrected chi connectivity index (χ1v) is 7.96. The van der Waals surface area contributed by atoms with Crippen LogP contribution in [0.15, 0.2) is 48.5 Å². The van der Waals surface area contributed by atoms with E-state index in [0.29, 0.717) is 0 Å². The molecule has 0 radical (unpaired) electrons. The highest BCUT2D eigenvalue weighted by Crippen LogP contribution is 2.39. The molecule has 110 valence electrons. The Morgan fingerprint density at radius 2 is 1.52 bits per heavy atom. The average molecular weight is 279 g/mol. The maximum Gasteiger partial charge on any atom is 0.0400 e. The van der Waals surface area contributed by atoms with Gasteiger partial charge in [-0.25, -0.2) is 0 Å². The molecule has 1 aliphatic rings. The summed E-state index contributed by atoms with van der Waals surface area (Å²) in [6.45, 7) is 7.63. The van der Waals surface area contributed by atoms with E-state index in [1.165, 1.54) is 35.2 Å². The van der Waals surface area contributed by atoms with Crippen LogP contribution in [0.1, 0.15) is 56.2 Å². The van der Waals surface area contributed by atoms with Crippen LogP contribution < -0.4 is 5.32 Å². The third kappa shape index (κ3) is 3.66. The first-order chi connectivity index (χ1) is 10.0. The Kier molecular flexibility index (Phi) is 3.75. The summed E-state index contributed by atoms with van der Waals surface area (Å²) in [6, 6.07) is 17.9. The fourth-order valence-electron chi connectivity index (χ4n) is 2.62. The lowest BCUT2D eigenvalue weighted by Gasteiger charge is -2.19. The topological polar surface area (TPSA) is 12.0 Å². The van der Waals surface area contributed by atoms with Crippen LogP contribution in [-0.4, -0.2) is 0 Å². The van der Waals surface area contributed by atoms with Crippen LogP contribution in [0, 0.1) is 0 Å². The first-order valence-electron chi connectivity index (χ1n) is 7.96. The Bertz CT molecular complexity index is 583. The van der Waals surface area contributed by atoms with Crippen molar-refractivity contribution in [1.82, 2.24) is 0 Å². The van der Waals surface area contributed by atoms with Crippen LogP contribution in [0.2, 0.25) is 0 Å². The lowest BCUT2D eigenvalue weighted by atomic mass is 9.87. The normalized spacial score (nSPS) is 15.0. The number of nitrogens with one attached hydrogen (secondary N) is 1. The van der Waals surface area contributed by atoms with Crippen molar-refractivity contribution < 1.29 is 0 Å². The molecule has 0 saturated heterocycles. The molecule has 0 heterocycles. The molecule has 0 bridgehead atoms. The molecule has 1 N–H and O–H groups in total. The summed E-state index contributed by atoms with van der Waals surface area (Å²) in [5.74, 6) is 0.844. The van der Waals surface area contributed by atoms with Crippen LogP contribution in [-0.2, 0) is 12.0 Å². The molecule has 0 amide bonds. The standard InChI is InChI=1S/C20H25N/c1-20(2,3)18-10-12-19(13-11-18)21-14-15-4-6-16(7-5-15)17-8-9-17/h4-7,10-13,17,21H,8-9,14H2,1-3H3. The van der Waals surface area contributed by atoms with Crippen molar-refractivity contribution in [1.29, 1.82) is 0 Å². The Morgan fingerprint density at radius 1 is 0.905 bits per heavy atom. The van der Waals surface area contributed by atoms with Gasteiger partial charge in [-0.3, -0.25) is 0 Å². The number of hydrogen-bond donors (Lipinski definition) is 1. The van der Waals surface area contributed by atoms with E-state index in [1.54, 1.807) is 0 Å². The Morgan fingerprint density at radius 3 is 2.05 bits per heavy atom. The second-order valence-electron chi connectivity index (χ2n) is 7.20. The predicted octanol–water partition coefficient (Wildman–Crippen LogP) is 5.47. The third-order valence-corrected chi connectivity index (χ3v) is 4.28. The fourth-order valence-corrected chi connectivity index (χ4v) is 2.62. The van der Waals surface area contributed by atoms with Crippen molar-refractivity contribution in [3.63, 3.8) is 0 Å². The zero-order valence-corrected chi connectivity index (χ0v) is 13.3. The van der Waals surface area contributed by atoms with E-state index >= 15 is 0 Å². The van der Waals surface area contributed by atoms with E-state index in [9.17, 15) is 0 Å². The molecule has 0 aromatic heterocycles. The number of hydrogen-bond acceptors (Lipinski definition) is 1. The molecular formula is C20H25N. The van der Waals surface area contributed by atoms with Crippen molar-refractivity contribution >= 4 is 5.69 Å². The second kappa shape index (κ2) is 5.55. The van der Waals surface area contributed by atoms with Crippen molar-refractivity contribution in [2.75, 3.05) is 5.32 Å². The summed E-state index contributed by atoms with van der Waals surface area (Å²) in [4.78, 5) is 0. The van der Waals surface area contributed by atoms with Crippen LogP contribution in [0.3, 0.4) is 0 Å². The number of rotatable bonds is 4. The minimum atomic E-state index is 0.219. The molecule has 21 heavy (non-hydrogen) atoms. The van der Waals surface area contributed by atoms with Crippen molar-refractivity contribution in [3.8, 4) is 0 Å². The SMILES string of the molecule is CC(C)(C)c1ccc(NCc2ccc(C3CC3)cc2)cc1. The summed E-state index contributed by atoms with van der Waals surface area (Å²) >= 11 is 0. The van der Waals surface area contributed by atoms with E-state index in [1.807, 2.05) is 0 Å². The monoisotopic (exact) mass is 279 g/mol. The molecule has 0 atom stereocenters. The predicted molar refractivity (Wildman–Crippen MR) is 90.9 cm³/mol. The van der Waals surface area contributed by atoms with Crippen LogP contribution in [0.25, 0.3) is 0 Å². The third-order valence-electron chi connectivity index (χ3n) is 4.28. The van der Waals surface area contributed by atoms with Gasteiger partial charge in [0, 0.05) is 12.2 Å². The summed E-state index contributed by atoms with van der Waals surface area (Å²) in [5, 5.41) is 3.50. The fraction of sp³-hybridized carbons (Fsp3) is 0.400. The molecule has 0 spiro atoms.